The average Bonchev–Trinajstić information content (AvgIpc) is 3.28. The van der Waals surface area contributed by atoms with Gasteiger partial charge >= 0.3 is 33.7 Å². The minimum absolute atomic E-state index is 0.0203. The Morgan fingerprint density at radius 2 is 1.67 bits per heavy atom. The Balaban J connectivity index is 0.000000652. The Morgan fingerprint density at radius 3 is 2.03 bits per heavy atom. The van der Waals surface area contributed by atoms with Gasteiger partial charge < -0.3 is 15.2 Å². The third-order valence-corrected chi connectivity index (χ3v) is 3.63. The first-order valence-corrected chi connectivity index (χ1v) is 10.4. The number of aromatic nitrogens is 5. The summed E-state index contributed by atoms with van der Waals surface area (Å²) >= 11 is 0. The molecule has 186 valence electrons. The fourth-order valence-corrected chi connectivity index (χ4v) is 1.94. The number of carbonyl (C=O) groups is 2. The van der Waals surface area contributed by atoms with Crippen LogP contribution >= 0.6 is 0 Å². The van der Waals surface area contributed by atoms with Crippen LogP contribution in [0.4, 0.5) is 0 Å². The summed E-state index contributed by atoms with van der Waals surface area (Å²) in [5.41, 5.74) is 3.73. The van der Waals surface area contributed by atoms with Gasteiger partial charge in [-0.1, -0.05) is 13.8 Å². The molecule has 0 saturated carbocycles. The minimum atomic E-state index is -4.67. The summed E-state index contributed by atoms with van der Waals surface area (Å²) in [6.45, 7) is 3.53. The van der Waals surface area contributed by atoms with Crippen molar-refractivity contribution in [3.8, 4) is 5.95 Å². The number of nitrogens with one attached hydrogen (secondary N) is 1. The molecule has 0 amide bonds. The van der Waals surface area contributed by atoms with E-state index in [1.54, 1.807) is 26.1 Å². The van der Waals surface area contributed by atoms with Crippen molar-refractivity contribution in [3.63, 3.8) is 0 Å². The van der Waals surface area contributed by atoms with E-state index >= 15 is 0 Å². The predicted octanol–water partition coefficient (Wildman–Crippen LogP) is -1.97. The van der Waals surface area contributed by atoms with Gasteiger partial charge in [0.2, 0.25) is 5.95 Å². The molecule has 2 rings (SSSR count). The normalized spacial score (nSPS) is 12.2. The van der Waals surface area contributed by atoms with Gasteiger partial charge in [-0.2, -0.15) is 18.5 Å². The lowest BCUT2D eigenvalue weighted by Gasteiger charge is -2.10. The Hall–Kier alpha value is -3.41. The highest BCUT2D eigenvalue weighted by Crippen LogP contribution is 1.99. The van der Waals surface area contributed by atoms with Gasteiger partial charge in [-0.15, -0.1) is 0 Å². The van der Waals surface area contributed by atoms with Crippen LogP contribution in [0.25, 0.3) is 5.95 Å². The van der Waals surface area contributed by atoms with Gasteiger partial charge in [0.1, 0.15) is 0 Å². The Bertz CT molecular complexity index is 1070. The zero-order chi connectivity index (χ0) is 25.8. The highest BCUT2D eigenvalue weighted by Gasteiger charge is 2.17. The second-order valence-corrected chi connectivity index (χ2v) is 7.14. The zero-order valence-corrected chi connectivity index (χ0v) is 19.1. The zero-order valence-electron chi connectivity index (χ0n) is 18.2. The monoisotopic (exact) mass is 494 g/mol. The molecule has 17 heteroatoms. The number of esters is 2. The summed E-state index contributed by atoms with van der Waals surface area (Å²) in [6, 6.07) is 1.63. The van der Waals surface area contributed by atoms with Crippen molar-refractivity contribution in [2.24, 2.45) is 17.6 Å². The summed E-state index contributed by atoms with van der Waals surface area (Å²) in [7, 11) is -2.07. The summed E-state index contributed by atoms with van der Waals surface area (Å²) in [6.07, 6.45) is 3.03. The van der Waals surface area contributed by atoms with E-state index in [0.717, 1.165) is 4.57 Å². The third kappa shape index (κ3) is 11.7. The van der Waals surface area contributed by atoms with E-state index in [1.165, 1.54) is 25.1 Å². The van der Waals surface area contributed by atoms with Crippen LogP contribution in [-0.2, 0) is 36.0 Å². The van der Waals surface area contributed by atoms with E-state index < -0.39 is 33.7 Å². The van der Waals surface area contributed by atoms with E-state index in [-0.39, 0.29) is 24.4 Å². The van der Waals surface area contributed by atoms with E-state index in [2.05, 4.69) is 24.5 Å². The molecule has 0 spiro atoms. The topological polar surface area (TPSA) is 239 Å². The van der Waals surface area contributed by atoms with Crippen molar-refractivity contribution >= 4 is 22.3 Å². The Kier molecular flexibility index (Phi) is 12.5. The van der Waals surface area contributed by atoms with Gasteiger partial charge in [0.05, 0.1) is 26.1 Å². The molecule has 0 radical (unpaired) electrons. The van der Waals surface area contributed by atoms with Gasteiger partial charge in [0.15, 0.2) is 0 Å². The predicted molar refractivity (Wildman–Crippen MR) is 112 cm³/mol. The summed E-state index contributed by atoms with van der Waals surface area (Å²) in [5.74, 6) is -1.52. The fourth-order valence-electron chi connectivity index (χ4n) is 1.94. The number of H-pyrrole nitrogens is 1. The second-order valence-electron chi connectivity index (χ2n) is 6.24. The quantitative estimate of drug-likeness (QED) is 0.252. The second kappa shape index (κ2) is 13.9. The molecule has 33 heavy (non-hydrogen) atoms. The van der Waals surface area contributed by atoms with E-state index in [4.69, 9.17) is 23.3 Å². The van der Waals surface area contributed by atoms with Crippen LogP contribution in [0.1, 0.15) is 13.8 Å². The maximum atomic E-state index is 11.9. The number of carbonyl (C=O) groups excluding carboxylic acids is 2. The van der Waals surface area contributed by atoms with Crippen molar-refractivity contribution in [2.75, 3.05) is 20.8 Å². The fraction of sp³-hybridized carbons (Fsp3) is 0.500. The van der Waals surface area contributed by atoms with Crippen LogP contribution in [0.3, 0.4) is 0 Å². The first-order chi connectivity index (χ1) is 15.2. The van der Waals surface area contributed by atoms with Gasteiger partial charge in [-0.05, 0) is 6.07 Å². The lowest BCUT2D eigenvalue weighted by molar-refractivity contribution is -0.145. The standard InChI is InChI=1S/C11H13N5O4.C5H11NO2.H2O4S/c1-7(8(17)20-2)6-15-10(18)13-9(14-11(15)19)16-5-3-4-12-16;1-4(3-6)5(7)8-2;1-5(2,3)4/h3-5,7H,6H2,1-2H3,(H,13,14,18,19);4H,3,6H2,1-2H3;(H2,1,2,3,4)/t7-;4-;/m00./s1. The molecule has 0 aliphatic heterocycles. The lowest BCUT2D eigenvalue weighted by Crippen LogP contribution is -2.40. The Morgan fingerprint density at radius 1 is 1.15 bits per heavy atom. The molecule has 0 bridgehead atoms. The molecular formula is C16H26N6O10S. The number of hydrogen-bond donors (Lipinski definition) is 4. The van der Waals surface area contributed by atoms with Crippen LogP contribution in [0.15, 0.2) is 28.0 Å². The van der Waals surface area contributed by atoms with Crippen LogP contribution in [0.2, 0.25) is 0 Å². The maximum Gasteiger partial charge on any atom is 0.394 e. The molecular weight excluding hydrogens is 468 g/mol. The number of nitrogens with two attached hydrogens (primary N) is 1. The van der Waals surface area contributed by atoms with Crippen LogP contribution < -0.4 is 17.1 Å². The molecule has 2 aromatic heterocycles. The van der Waals surface area contributed by atoms with Crippen molar-refractivity contribution in [3.05, 3.63) is 39.4 Å². The first kappa shape index (κ1) is 29.6. The number of hydrogen-bond acceptors (Lipinski definition) is 11. The smallest absolute Gasteiger partial charge is 0.394 e. The van der Waals surface area contributed by atoms with Crippen LogP contribution in [0, 0.1) is 11.8 Å². The van der Waals surface area contributed by atoms with Crippen molar-refractivity contribution in [2.45, 2.75) is 20.4 Å². The molecule has 0 unspecified atom stereocenters. The summed E-state index contributed by atoms with van der Waals surface area (Å²) < 4.78 is 42.6. The van der Waals surface area contributed by atoms with E-state index in [0.29, 0.717) is 6.54 Å². The first-order valence-electron chi connectivity index (χ1n) is 9.01. The van der Waals surface area contributed by atoms with Crippen molar-refractivity contribution < 1.29 is 36.6 Å². The number of nitrogens with zero attached hydrogens (tertiary/aromatic N) is 4. The van der Waals surface area contributed by atoms with E-state index in [1.807, 2.05) is 0 Å². The summed E-state index contributed by atoms with van der Waals surface area (Å²) in [5, 5.41) is 3.86. The molecule has 2 heterocycles. The van der Waals surface area contributed by atoms with Gasteiger partial charge in [-0.25, -0.2) is 18.8 Å². The van der Waals surface area contributed by atoms with Crippen molar-refractivity contribution in [1.29, 1.82) is 0 Å². The van der Waals surface area contributed by atoms with Crippen LogP contribution in [0.5, 0.6) is 0 Å². The van der Waals surface area contributed by atoms with Gasteiger partial charge in [0.25, 0.3) is 0 Å². The molecule has 0 aromatic carbocycles. The molecule has 16 nitrogen and oxygen atoms in total. The highest BCUT2D eigenvalue weighted by molar-refractivity contribution is 7.79. The molecule has 2 atom stereocenters. The number of aromatic amines is 1. The number of ether oxygens (including phenoxy) is 2. The number of rotatable bonds is 6. The average molecular weight is 494 g/mol. The van der Waals surface area contributed by atoms with Gasteiger partial charge in [0, 0.05) is 25.5 Å². The number of methoxy groups -OCH3 is 2. The molecule has 5 N–H and O–H groups in total. The third-order valence-electron chi connectivity index (χ3n) is 3.63. The van der Waals surface area contributed by atoms with Crippen molar-refractivity contribution in [1.82, 2.24) is 24.3 Å². The minimum Gasteiger partial charge on any atom is -0.469 e. The highest BCUT2D eigenvalue weighted by atomic mass is 32.3. The largest absolute Gasteiger partial charge is 0.469 e. The maximum absolute atomic E-state index is 11.9. The molecule has 2 aromatic rings. The van der Waals surface area contributed by atoms with Gasteiger partial charge in [-0.3, -0.25) is 23.7 Å². The van der Waals surface area contributed by atoms with Crippen LogP contribution in [-0.4, -0.2) is 74.5 Å². The SMILES string of the molecule is COC(=O)[C@@H](C)CN.COC(=O)[C@@H](C)Cn1c(=O)nc(-n2cccn2)[nH]c1=O.O=S(=O)(O)O. The molecule has 0 aliphatic rings. The Labute approximate surface area is 187 Å². The lowest BCUT2D eigenvalue weighted by atomic mass is 10.2. The summed E-state index contributed by atoms with van der Waals surface area (Å²) in [4.78, 5) is 51.6. The molecule has 0 saturated heterocycles. The molecule has 0 aliphatic carbocycles. The van der Waals surface area contributed by atoms with E-state index in [9.17, 15) is 19.2 Å². The molecule has 0 fully saturated rings.